The molecule has 0 fully saturated rings. The summed E-state index contributed by atoms with van der Waals surface area (Å²) in [4.78, 5) is 10.8. The fourth-order valence-electron chi connectivity index (χ4n) is 0.824. The molecule has 0 aliphatic carbocycles. The number of methoxy groups -OCH3 is 1. The number of rotatable bonds is 6. The molecular weight excluding hydrogens is 182 g/mol. The summed E-state index contributed by atoms with van der Waals surface area (Å²) in [6.45, 7) is 8.38. The minimum Gasteiger partial charge on any atom is -0.481 e. The van der Waals surface area contributed by atoms with E-state index in [-0.39, 0.29) is 5.60 Å². The van der Waals surface area contributed by atoms with Crippen molar-refractivity contribution >= 4 is 5.97 Å². The van der Waals surface area contributed by atoms with E-state index < -0.39 is 11.4 Å². The molecule has 0 aliphatic heterocycles. The first-order valence-electron chi connectivity index (χ1n) is 4.70. The van der Waals surface area contributed by atoms with Gasteiger partial charge in [-0.15, -0.1) is 0 Å². The second-order valence-electron chi connectivity index (χ2n) is 4.76. The van der Waals surface area contributed by atoms with Gasteiger partial charge < -0.3 is 15.2 Å². The van der Waals surface area contributed by atoms with Gasteiger partial charge in [0.25, 0.3) is 0 Å². The van der Waals surface area contributed by atoms with Crippen molar-refractivity contribution in [3.05, 3.63) is 0 Å². The van der Waals surface area contributed by atoms with Crippen LogP contribution in [0.15, 0.2) is 0 Å². The van der Waals surface area contributed by atoms with E-state index in [0.717, 1.165) is 0 Å². The summed E-state index contributed by atoms with van der Waals surface area (Å²) in [5, 5.41) is 11.9. The first-order valence-corrected chi connectivity index (χ1v) is 4.70. The van der Waals surface area contributed by atoms with Gasteiger partial charge in [-0.1, -0.05) is 0 Å². The zero-order chi connectivity index (χ0) is 11.4. The van der Waals surface area contributed by atoms with Crippen LogP contribution in [0.1, 0.15) is 27.7 Å². The van der Waals surface area contributed by atoms with Crippen LogP contribution in [0, 0.1) is 5.41 Å². The van der Waals surface area contributed by atoms with Crippen LogP contribution in [0.25, 0.3) is 0 Å². The second kappa shape index (κ2) is 4.75. The van der Waals surface area contributed by atoms with Crippen molar-refractivity contribution in [3.8, 4) is 0 Å². The van der Waals surface area contributed by atoms with E-state index >= 15 is 0 Å². The number of ether oxygens (including phenoxy) is 1. The third-order valence-corrected chi connectivity index (χ3v) is 2.25. The van der Waals surface area contributed by atoms with E-state index in [9.17, 15) is 4.79 Å². The fourth-order valence-corrected chi connectivity index (χ4v) is 0.824. The van der Waals surface area contributed by atoms with Crippen molar-refractivity contribution in [3.63, 3.8) is 0 Å². The molecule has 0 spiro atoms. The Morgan fingerprint density at radius 1 is 1.29 bits per heavy atom. The second-order valence-corrected chi connectivity index (χ2v) is 4.76. The molecule has 0 radical (unpaired) electrons. The average Bonchev–Trinajstić information content (AvgIpc) is 2.03. The SMILES string of the molecule is COC(C)(C)CNCC(C)(C)C(=O)O. The summed E-state index contributed by atoms with van der Waals surface area (Å²) < 4.78 is 5.20. The lowest BCUT2D eigenvalue weighted by molar-refractivity contribution is -0.146. The van der Waals surface area contributed by atoms with Gasteiger partial charge in [0.1, 0.15) is 0 Å². The lowest BCUT2D eigenvalue weighted by Gasteiger charge is -2.26. The molecule has 0 amide bonds. The van der Waals surface area contributed by atoms with Crippen molar-refractivity contribution in [2.24, 2.45) is 5.41 Å². The van der Waals surface area contributed by atoms with Gasteiger partial charge in [0.2, 0.25) is 0 Å². The van der Waals surface area contributed by atoms with E-state index in [1.54, 1.807) is 21.0 Å². The van der Waals surface area contributed by atoms with Gasteiger partial charge in [0.05, 0.1) is 11.0 Å². The highest BCUT2D eigenvalue weighted by Crippen LogP contribution is 2.14. The Bertz CT molecular complexity index is 200. The quantitative estimate of drug-likeness (QED) is 0.679. The molecule has 0 atom stereocenters. The lowest BCUT2D eigenvalue weighted by atomic mass is 9.93. The van der Waals surface area contributed by atoms with Crippen molar-refractivity contribution in [2.45, 2.75) is 33.3 Å². The van der Waals surface area contributed by atoms with Crippen LogP contribution in [-0.4, -0.2) is 36.9 Å². The molecule has 0 aromatic heterocycles. The molecule has 0 rings (SSSR count). The Morgan fingerprint density at radius 2 is 1.79 bits per heavy atom. The number of carboxylic acids is 1. The first-order chi connectivity index (χ1) is 6.21. The van der Waals surface area contributed by atoms with E-state index in [0.29, 0.717) is 13.1 Å². The standard InChI is InChI=1S/C10H21NO3/c1-9(2,8(12)13)6-11-7-10(3,4)14-5/h11H,6-7H2,1-5H3,(H,12,13). The number of carboxylic acid groups (broad SMARTS) is 1. The molecule has 0 bridgehead atoms. The predicted octanol–water partition coefficient (Wildman–Crippen LogP) is 1.11. The highest BCUT2D eigenvalue weighted by atomic mass is 16.5. The zero-order valence-corrected chi connectivity index (χ0v) is 9.68. The van der Waals surface area contributed by atoms with E-state index in [2.05, 4.69) is 5.32 Å². The molecule has 0 unspecified atom stereocenters. The van der Waals surface area contributed by atoms with Gasteiger partial charge in [0.15, 0.2) is 0 Å². The predicted molar refractivity (Wildman–Crippen MR) is 55.4 cm³/mol. The van der Waals surface area contributed by atoms with Crippen LogP contribution in [0.5, 0.6) is 0 Å². The van der Waals surface area contributed by atoms with Crippen molar-refractivity contribution < 1.29 is 14.6 Å². The van der Waals surface area contributed by atoms with Gasteiger partial charge in [0, 0.05) is 20.2 Å². The molecule has 2 N–H and O–H groups in total. The molecular formula is C10H21NO3. The average molecular weight is 203 g/mol. The molecule has 14 heavy (non-hydrogen) atoms. The fraction of sp³-hybridized carbons (Fsp3) is 0.900. The van der Waals surface area contributed by atoms with Crippen molar-refractivity contribution in [2.75, 3.05) is 20.2 Å². The maximum atomic E-state index is 10.8. The Kier molecular flexibility index (Phi) is 4.55. The minimum absolute atomic E-state index is 0.255. The van der Waals surface area contributed by atoms with Gasteiger partial charge in [-0.05, 0) is 27.7 Å². The summed E-state index contributed by atoms with van der Waals surface area (Å²) in [5.41, 5.74) is -0.988. The van der Waals surface area contributed by atoms with Crippen molar-refractivity contribution in [1.82, 2.24) is 5.32 Å². The van der Waals surface area contributed by atoms with Crippen molar-refractivity contribution in [1.29, 1.82) is 0 Å². The molecule has 0 aliphatic rings. The molecule has 0 saturated carbocycles. The Balaban J connectivity index is 3.91. The summed E-state index contributed by atoms with van der Waals surface area (Å²) in [6, 6.07) is 0. The van der Waals surface area contributed by atoms with Crippen LogP contribution in [0.4, 0.5) is 0 Å². The maximum absolute atomic E-state index is 10.8. The molecule has 0 heterocycles. The monoisotopic (exact) mass is 203 g/mol. The van der Waals surface area contributed by atoms with Crippen LogP contribution >= 0.6 is 0 Å². The summed E-state index contributed by atoms with van der Waals surface area (Å²) in [6.07, 6.45) is 0. The highest BCUT2D eigenvalue weighted by Gasteiger charge is 2.27. The molecule has 4 nitrogen and oxygen atoms in total. The first kappa shape index (κ1) is 13.4. The smallest absolute Gasteiger partial charge is 0.310 e. The van der Waals surface area contributed by atoms with Gasteiger partial charge in [-0.2, -0.15) is 0 Å². The number of aliphatic carboxylic acids is 1. The highest BCUT2D eigenvalue weighted by molar-refractivity contribution is 5.73. The van der Waals surface area contributed by atoms with Gasteiger partial charge >= 0.3 is 5.97 Å². The van der Waals surface area contributed by atoms with E-state index in [4.69, 9.17) is 9.84 Å². The van der Waals surface area contributed by atoms with Gasteiger partial charge in [-0.25, -0.2) is 0 Å². The normalized spacial score (nSPS) is 12.9. The number of hydrogen-bond donors (Lipinski definition) is 2. The minimum atomic E-state index is -0.791. The van der Waals surface area contributed by atoms with Gasteiger partial charge in [-0.3, -0.25) is 4.79 Å². The Labute approximate surface area is 85.6 Å². The summed E-state index contributed by atoms with van der Waals surface area (Å²) in [7, 11) is 1.64. The molecule has 0 saturated heterocycles. The largest absolute Gasteiger partial charge is 0.481 e. The number of nitrogens with one attached hydrogen (secondary N) is 1. The third-order valence-electron chi connectivity index (χ3n) is 2.25. The molecule has 0 aromatic rings. The van der Waals surface area contributed by atoms with Crippen LogP contribution in [0.3, 0.4) is 0 Å². The Hall–Kier alpha value is -0.610. The number of carbonyl (C=O) groups is 1. The Morgan fingerprint density at radius 3 is 2.14 bits per heavy atom. The maximum Gasteiger partial charge on any atom is 0.310 e. The van der Waals surface area contributed by atoms with E-state index in [1.165, 1.54) is 0 Å². The lowest BCUT2D eigenvalue weighted by Crippen LogP contribution is -2.43. The number of hydrogen-bond acceptors (Lipinski definition) is 3. The van der Waals surface area contributed by atoms with Crippen LogP contribution in [0.2, 0.25) is 0 Å². The molecule has 4 heteroatoms. The topological polar surface area (TPSA) is 58.6 Å². The summed E-state index contributed by atoms with van der Waals surface area (Å²) in [5.74, 6) is -0.791. The zero-order valence-electron chi connectivity index (χ0n) is 9.68. The van der Waals surface area contributed by atoms with E-state index in [1.807, 2.05) is 13.8 Å². The summed E-state index contributed by atoms with van der Waals surface area (Å²) >= 11 is 0. The van der Waals surface area contributed by atoms with Crippen LogP contribution in [-0.2, 0) is 9.53 Å². The molecule has 84 valence electrons. The van der Waals surface area contributed by atoms with Crippen LogP contribution < -0.4 is 5.32 Å². The third kappa shape index (κ3) is 4.58. The molecule has 0 aromatic carbocycles.